The van der Waals surface area contributed by atoms with E-state index in [0.29, 0.717) is 12.6 Å². The van der Waals surface area contributed by atoms with Gasteiger partial charge in [-0.2, -0.15) is 0 Å². The summed E-state index contributed by atoms with van der Waals surface area (Å²) in [6.07, 6.45) is 4.99. The van der Waals surface area contributed by atoms with Crippen molar-refractivity contribution in [2.24, 2.45) is 17.6 Å². The molecule has 0 aromatic heterocycles. The van der Waals surface area contributed by atoms with Crippen LogP contribution in [0.5, 0.6) is 0 Å². The number of nitrogens with one attached hydrogen (secondary N) is 1. The highest BCUT2D eigenvalue weighted by Crippen LogP contribution is 2.34. The van der Waals surface area contributed by atoms with Crippen molar-refractivity contribution in [3.05, 3.63) is 0 Å². The second-order valence-electron chi connectivity index (χ2n) is 6.36. The van der Waals surface area contributed by atoms with Crippen LogP contribution in [0.4, 0.5) is 0 Å². The van der Waals surface area contributed by atoms with Gasteiger partial charge >= 0.3 is 0 Å². The Morgan fingerprint density at radius 1 is 1.28 bits per heavy atom. The third kappa shape index (κ3) is 3.69. The Hall–Kier alpha value is -0.610. The van der Waals surface area contributed by atoms with Gasteiger partial charge in [0, 0.05) is 25.2 Å². The van der Waals surface area contributed by atoms with Crippen LogP contribution in [-0.4, -0.2) is 42.5 Å². The predicted molar refractivity (Wildman–Crippen MR) is 73.1 cm³/mol. The first-order valence-corrected chi connectivity index (χ1v) is 7.31. The molecular weight excluding hydrogens is 226 g/mol. The third-order valence-electron chi connectivity index (χ3n) is 4.56. The van der Waals surface area contributed by atoms with E-state index >= 15 is 0 Å². The van der Waals surface area contributed by atoms with Crippen LogP contribution in [0.25, 0.3) is 0 Å². The molecule has 0 spiro atoms. The van der Waals surface area contributed by atoms with E-state index in [-0.39, 0.29) is 5.91 Å². The van der Waals surface area contributed by atoms with Crippen molar-refractivity contribution in [1.82, 2.24) is 10.2 Å². The van der Waals surface area contributed by atoms with Crippen LogP contribution in [0.2, 0.25) is 0 Å². The molecule has 1 aliphatic heterocycles. The maximum atomic E-state index is 10.8. The minimum atomic E-state index is -0.208. The minimum absolute atomic E-state index is 0.208. The van der Waals surface area contributed by atoms with Gasteiger partial charge in [-0.3, -0.25) is 9.69 Å². The first-order valence-electron chi connectivity index (χ1n) is 7.31. The van der Waals surface area contributed by atoms with E-state index in [4.69, 9.17) is 5.73 Å². The van der Waals surface area contributed by atoms with E-state index in [9.17, 15) is 4.79 Å². The topological polar surface area (TPSA) is 58.4 Å². The van der Waals surface area contributed by atoms with Crippen LogP contribution in [0.1, 0.15) is 39.5 Å². The second-order valence-corrected chi connectivity index (χ2v) is 6.36. The number of rotatable bonds is 5. The number of nitrogens with two attached hydrogens (primary N) is 1. The molecule has 3 N–H and O–H groups in total. The van der Waals surface area contributed by atoms with Crippen molar-refractivity contribution in [1.29, 1.82) is 0 Å². The van der Waals surface area contributed by atoms with E-state index in [1.807, 2.05) is 0 Å². The van der Waals surface area contributed by atoms with Gasteiger partial charge in [0.2, 0.25) is 5.91 Å². The molecule has 1 saturated heterocycles. The highest BCUT2D eigenvalue weighted by molar-refractivity contribution is 5.75. The molecule has 4 nitrogen and oxygen atoms in total. The Balaban J connectivity index is 1.61. The maximum Gasteiger partial charge on any atom is 0.231 e. The van der Waals surface area contributed by atoms with Crippen molar-refractivity contribution in [2.45, 2.75) is 51.6 Å². The Bertz CT molecular complexity index is 279. The maximum absolute atomic E-state index is 10.8. The quantitative estimate of drug-likeness (QED) is 0.767. The van der Waals surface area contributed by atoms with Crippen LogP contribution < -0.4 is 11.1 Å². The molecule has 1 aliphatic carbocycles. The number of primary amides is 1. The number of piperidine rings is 1. The molecule has 4 heteroatoms. The molecule has 18 heavy (non-hydrogen) atoms. The summed E-state index contributed by atoms with van der Waals surface area (Å²) in [5.41, 5.74) is 5.22. The van der Waals surface area contributed by atoms with Crippen LogP contribution in [-0.2, 0) is 4.79 Å². The molecule has 0 radical (unpaired) electrons. The summed E-state index contributed by atoms with van der Waals surface area (Å²) in [6, 6.07) is 1.39. The fraction of sp³-hybridized carbons (Fsp3) is 0.929. The van der Waals surface area contributed by atoms with Crippen molar-refractivity contribution in [2.75, 3.05) is 19.6 Å². The van der Waals surface area contributed by atoms with Gasteiger partial charge in [-0.25, -0.2) is 0 Å². The summed E-state index contributed by atoms with van der Waals surface area (Å²) in [6.45, 7) is 7.07. The molecule has 0 atom stereocenters. The van der Waals surface area contributed by atoms with Gasteiger partial charge in [-0.05, 0) is 37.5 Å². The SMILES string of the molecule is CC(C)C1CC(NC2CCN(CC(N)=O)CC2)C1. The van der Waals surface area contributed by atoms with Gasteiger partial charge in [0.15, 0.2) is 0 Å². The molecule has 2 aliphatic rings. The van der Waals surface area contributed by atoms with Crippen molar-refractivity contribution >= 4 is 5.91 Å². The zero-order valence-corrected chi connectivity index (χ0v) is 11.7. The summed E-state index contributed by atoms with van der Waals surface area (Å²) in [5, 5.41) is 3.77. The van der Waals surface area contributed by atoms with E-state index in [1.165, 1.54) is 12.8 Å². The number of carbonyl (C=O) groups is 1. The van der Waals surface area contributed by atoms with Crippen molar-refractivity contribution in [3.63, 3.8) is 0 Å². The lowest BCUT2D eigenvalue weighted by atomic mass is 9.73. The van der Waals surface area contributed by atoms with Crippen molar-refractivity contribution < 1.29 is 4.79 Å². The fourth-order valence-electron chi connectivity index (χ4n) is 3.15. The molecule has 1 amide bonds. The van der Waals surface area contributed by atoms with Crippen LogP contribution in [0.3, 0.4) is 0 Å². The monoisotopic (exact) mass is 253 g/mol. The zero-order valence-electron chi connectivity index (χ0n) is 11.7. The van der Waals surface area contributed by atoms with Crippen LogP contribution >= 0.6 is 0 Å². The van der Waals surface area contributed by atoms with E-state index in [2.05, 4.69) is 24.1 Å². The highest BCUT2D eigenvalue weighted by atomic mass is 16.1. The molecule has 2 fully saturated rings. The molecule has 0 bridgehead atoms. The lowest BCUT2D eigenvalue weighted by molar-refractivity contribution is -0.119. The largest absolute Gasteiger partial charge is 0.369 e. The van der Waals surface area contributed by atoms with E-state index in [0.717, 1.165) is 43.8 Å². The molecule has 1 saturated carbocycles. The van der Waals surface area contributed by atoms with E-state index in [1.54, 1.807) is 0 Å². The van der Waals surface area contributed by atoms with Gasteiger partial charge in [-0.1, -0.05) is 13.8 Å². The predicted octanol–water partition coefficient (Wildman–Crippen LogP) is 0.960. The second kappa shape index (κ2) is 6.02. The summed E-state index contributed by atoms with van der Waals surface area (Å²) >= 11 is 0. The number of hydrogen-bond donors (Lipinski definition) is 2. The van der Waals surface area contributed by atoms with Crippen LogP contribution in [0, 0.1) is 11.8 Å². The fourth-order valence-corrected chi connectivity index (χ4v) is 3.15. The Kier molecular flexibility index (Phi) is 4.62. The molecule has 104 valence electrons. The lowest BCUT2D eigenvalue weighted by Crippen LogP contribution is -2.51. The lowest BCUT2D eigenvalue weighted by Gasteiger charge is -2.42. The Morgan fingerprint density at radius 2 is 1.89 bits per heavy atom. The molecular formula is C14H27N3O. The Morgan fingerprint density at radius 3 is 2.39 bits per heavy atom. The van der Waals surface area contributed by atoms with E-state index < -0.39 is 0 Å². The summed E-state index contributed by atoms with van der Waals surface area (Å²) in [4.78, 5) is 13.0. The molecule has 0 aromatic carbocycles. The average Bonchev–Trinajstić information content (AvgIpc) is 2.23. The summed E-state index contributed by atoms with van der Waals surface area (Å²) in [5.74, 6) is 1.55. The highest BCUT2D eigenvalue weighted by Gasteiger charge is 2.33. The molecule has 1 heterocycles. The smallest absolute Gasteiger partial charge is 0.231 e. The van der Waals surface area contributed by atoms with Gasteiger partial charge in [0.25, 0.3) is 0 Å². The summed E-state index contributed by atoms with van der Waals surface area (Å²) in [7, 11) is 0. The normalized spacial score (nSPS) is 30.4. The van der Waals surface area contributed by atoms with Gasteiger partial charge in [0.1, 0.15) is 0 Å². The number of hydrogen-bond acceptors (Lipinski definition) is 3. The molecule has 2 rings (SSSR count). The number of amides is 1. The van der Waals surface area contributed by atoms with Gasteiger partial charge in [0.05, 0.1) is 6.54 Å². The molecule has 0 aromatic rings. The minimum Gasteiger partial charge on any atom is -0.369 e. The zero-order chi connectivity index (χ0) is 13.1. The number of likely N-dealkylation sites (tertiary alicyclic amines) is 1. The average molecular weight is 253 g/mol. The van der Waals surface area contributed by atoms with Gasteiger partial charge in [-0.15, -0.1) is 0 Å². The number of nitrogens with zero attached hydrogens (tertiary/aromatic N) is 1. The van der Waals surface area contributed by atoms with Crippen LogP contribution in [0.15, 0.2) is 0 Å². The first kappa shape index (κ1) is 13.8. The summed E-state index contributed by atoms with van der Waals surface area (Å²) < 4.78 is 0. The number of carbonyl (C=O) groups excluding carboxylic acids is 1. The first-order chi connectivity index (χ1) is 8.54. The Labute approximate surface area is 110 Å². The standard InChI is InChI=1S/C14H27N3O/c1-10(2)11-7-13(8-11)16-12-3-5-17(6-4-12)9-14(15)18/h10-13,16H,3-9H2,1-2H3,(H2,15,18). The van der Waals surface area contributed by atoms with Gasteiger partial charge < -0.3 is 11.1 Å². The van der Waals surface area contributed by atoms with Crippen molar-refractivity contribution in [3.8, 4) is 0 Å². The molecule has 0 unspecified atom stereocenters. The third-order valence-corrected chi connectivity index (χ3v) is 4.56.